The van der Waals surface area contributed by atoms with Gasteiger partial charge in [-0.2, -0.15) is 0 Å². The maximum Gasteiger partial charge on any atom is 0.287 e. The number of halogens is 1. The molecule has 0 aliphatic carbocycles. The van der Waals surface area contributed by atoms with E-state index in [0.29, 0.717) is 13.2 Å². The molecular formula is C13H21ClN4O4. The lowest BCUT2D eigenvalue weighted by Gasteiger charge is -2.37. The molecule has 124 valence electrons. The first kappa shape index (κ1) is 18.4. The van der Waals surface area contributed by atoms with E-state index in [1.54, 1.807) is 7.11 Å². The molecule has 2 heterocycles. The van der Waals surface area contributed by atoms with Crippen molar-refractivity contribution in [3.63, 3.8) is 0 Å². The zero-order chi connectivity index (χ0) is 15.3. The number of H-pyrrole nitrogens is 1. The Bertz CT molecular complexity index is 508. The molecule has 1 saturated heterocycles. The first-order chi connectivity index (χ1) is 10.1. The second-order valence-corrected chi connectivity index (χ2v) is 5.39. The summed E-state index contributed by atoms with van der Waals surface area (Å²) in [5, 5.41) is 16.7. The Morgan fingerprint density at radius 3 is 2.73 bits per heavy atom. The van der Waals surface area contributed by atoms with E-state index in [2.05, 4.69) is 15.6 Å². The molecule has 9 heteroatoms. The van der Waals surface area contributed by atoms with Gasteiger partial charge in [-0.05, 0) is 25.9 Å². The van der Waals surface area contributed by atoms with Crippen LogP contribution in [0.15, 0.2) is 12.3 Å². The summed E-state index contributed by atoms with van der Waals surface area (Å²) in [6.45, 7) is 2.87. The van der Waals surface area contributed by atoms with Crippen LogP contribution in [0.4, 0.5) is 5.69 Å². The van der Waals surface area contributed by atoms with E-state index in [4.69, 9.17) is 4.74 Å². The molecule has 0 aromatic carbocycles. The third-order valence-corrected chi connectivity index (χ3v) is 3.86. The number of methoxy groups -OCH3 is 1. The molecule has 1 aliphatic rings. The summed E-state index contributed by atoms with van der Waals surface area (Å²) < 4.78 is 5.28. The van der Waals surface area contributed by atoms with E-state index in [1.165, 1.54) is 12.3 Å². The largest absolute Gasteiger partial charge is 0.384 e. The standard InChI is InChI=1S/C13H20N4O4.ClH/c1-21-9-13(2-4-14-5-3-13)8-16-12(18)11-6-10(7-15-11)17(19)20;/h6-7,14-15H,2-5,8-9H2,1H3,(H,16,18);1H. The number of aromatic nitrogens is 1. The molecule has 0 unspecified atom stereocenters. The van der Waals surface area contributed by atoms with Crippen molar-refractivity contribution in [2.45, 2.75) is 12.8 Å². The highest BCUT2D eigenvalue weighted by Gasteiger charge is 2.32. The molecule has 1 aromatic rings. The van der Waals surface area contributed by atoms with Crippen LogP contribution in [0.3, 0.4) is 0 Å². The predicted octanol–water partition coefficient (Wildman–Crippen LogP) is 1.09. The lowest BCUT2D eigenvalue weighted by molar-refractivity contribution is -0.384. The topological polar surface area (TPSA) is 109 Å². The normalized spacial score (nSPS) is 16.6. The quantitative estimate of drug-likeness (QED) is 0.533. The fourth-order valence-corrected chi connectivity index (χ4v) is 2.62. The van der Waals surface area contributed by atoms with Gasteiger partial charge < -0.3 is 20.4 Å². The van der Waals surface area contributed by atoms with Gasteiger partial charge in [0.05, 0.1) is 17.7 Å². The molecule has 1 amide bonds. The number of aromatic amines is 1. The molecule has 1 aromatic heterocycles. The van der Waals surface area contributed by atoms with Crippen LogP contribution < -0.4 is 10.6 Å². The SMILES string of the molecule is COCC1(CNC(=O)c2cc([N+](=O)[O-])c[nH]2)CCNCC1.Cl. The zero-order valence-corrected chi connectivity index (χ0v) is 13.2. The van der Waals surface area contributed by atoms with Gasteiger partial charge in [-0.1, -0.05) is 0 Å². The van der Waals surface area contributed by atoms with Crippen molar-refractivity contribution in [2.75, 3.05) is 33.4 Å². The highest BCUT2D eigenvalue weighted by atomic mass is 35.5. The van der Waals surface area contributed by atoms with Crippen molar-refractivity contribution < 1.29 is 14.5 Å². The number of nitrogens with one attached hydrogen (secondary N) is 3. The molecular weight excluding hydrogens is 312 g/mol. The van der Waals surface area contributed by atoms with Gasteiger partial charge in [-0.3, -0.25) is 14.9 Å². The van der Waals surface area contributed by atoms with E-state index >= 15 is 0 Å². The zero-order valence-electron chi connectivity index (χ0n) is 12.4. The summed E-state index contributed by atoms with van der Waals surface area (Å²) >= 11 is 0. The van der Waals surface area contributed by atoms with E-state index in [9.17, 15) is 14.9 Å². The minimum absolute atomic E-state index is 0. The van der Waals surface area contributed by atoms with Crippen molar-refractivity contribution in [3.8, 4) is 0 Å². The number of nitro groups is 1. The number of ether oxygens (including phenoxy) is 1. The van der Waals surface area contributed by atoms with Gasteiger partial charge >= 0.3 is 0 Å². The van der Waals surface area contributed by atoms with Crippen LogP contribution in [0.5, 0.6) is 0 Å². The molecule has 8 nitrogen and oxygen atoms in total. The van der Waals surface area contributed by atoms with Gasteiger partial charge in [0, 0.05) is 25.1 Å². The summed E-state index contributed by atoms with van der Waals surface area (Å²) in [6.07, 6.45) is 3.06. The Kier molecular flexibility index (Phi) is 6.79. The first-order valence-electron chi connectivity index (χ1n) is 6.87. The van der Waals surface area contributed by atoms with Crippen LogP contribution >= 0.6 is 12.4 Å². The minimum atomic E-state index is -0.535. The van der Waals surface area contributed by atoms with Gasteiger partial charge in [-0.25, -0.2) is 0 Å². The number of amides is 1. The Morgan fingerprint density at radius 2 is 2.18 bits per heavy atom. The number of rotatable bonds is 6. The maximum absolute atomic E-state index is 12.0. The van der Waals surface area contributed by atoms with Gasteiger partial charge in [0.1, 0.15) is 5.69 Å². The van der Waals surface area contributed by atoms with E-state index in [1.807, 2.05) is 0 Å². The highest BCUT2D eigenvalue weighted by Crippen LogP contribution is 2.28. The average molecular weight is 333 g/mol. The number of hydrogen-bond acceptors (Lipinski definition) is 5. The van der Waals surface area contributed by atoms with Crippen LogP contribution in [0, 0.1) is 15.5 Å². The third-order valence-electron chi connectivity index (χ3n) is 3.86. The second-order valence-electron chi connectivity index (χ2n) is 5.39. The van der Waals surface area contributed by atoms with Crippen molar-refractivity contribution in [1.29, 1.82) is 0 Å². The molecule has 2 rings (SSSR count). The molecule has 0 bridgehead atoms. The monoisotopic (exact) mass is 332 g/mol. The Labute approximate surface area is 134 Å². The van der Waals surface area contributed by atoms with Crippen LogP contribution in [0.1, 0.15) is 23.3 Å². The van der Waals surface area contributed by atoms with Crippen molar-refractivity contribution in [2.24, 2.45) is 5.41 Å². The molecule has 22 heavy (non-hydrogen) atoms. The molecule has 1 aliphatic heterocycles. The Balaban J connectivity index is 0.00000242. The highest BCUT2D eigenvalue weighted by molar-refractivity contribution is 5.93. The maximum atomic E-state index is 12.0. The number of carbonyl (C=O) groups excluding carboxylic acids is 1. The summed E-state index contributed by atoms with van der Waals surface area (Å²) in [5.74, 6) is -0.336. The fraction of sp³-hybridized carbons (Fsp3) is 0.615. The predicted molar refractivity (Wildman–Crippen MR) is 83.4 cm³/mol. The summed E-state index contributed by atoms with van der Waals surface area (Å²) in [7, 11) is 1.65. The summed E-state index contributed by atoms with van der Waals surface area (Å²) in [4.78, 5) is 24.7. The van der Waals surface area contributed by atoms with Crippen molar-refractivity contribution >= 4 is 24.0 Å². The molecule has 3 N–H and O–H groups in total. The average Bonchev–Trinajstić information content (AvgIpc) is 2.96. The van der Waals surface area contributed by atoms with Crippen LogP contribution in [0.2, 0.25) is 0 Å². The van der Waals surface area contributed by atoms with E-state index in [0.717, 1.165) is 25.9 Å². The number of nitrogens with zero attached hydrogens (tertiary/aromatic N) is 1. The molecule has 0 radical (unpaired) electrons. The molecule has 0 atom stereocenters. The molecule has 0 saturated carbocycles. The van der Waals surface area contributed by atoms with Gasteiger partial charge in [0.15, 0.2) is 0 Å². The lowest BCUT2D eigenvalue weighted by Crippen LogP contribution is -2.47. The number of hydrogen-bond donors (Lipinski definition) is 3. The third kappa shape index (κ3) is 4.43. The first-order valence-corrected chi connectivity index (χ1v) is 6.87. The van der Waals surface area contributed by atoms with Crippen LogP contribution in [-0.2, 0) is 4.74 Å². The lowest BCUT2D eigenvalue weighted by atomic mass is 9.79. The van der Waals surface area contributed by atoms with Gasteiger partial charge in [0.2, 0.25) is 0 Å². The van der Waals surface area contributed by atoms with Gasteiger partial charge in [0.25, 0.3) is 11.6 Å². The Morgan fingerprint density at radius 1 is 1.50 bits per heavy atom. The van der Waals surface area contributed by atoms with Crippen LogP contribution in [-0.4, -0.2) is 49.2 Å². The van der Waals surface area contributed by atoms with Crippen molar-refractivity contribution in [3.05, 3.63) is 28.1 Å². The molecule has 0 spiro atoms. The molecule has 1 fully saturated rings. The van der Waals surface area contributed by atoms with Crippen molar-refractivity contribution in [1.82, 2.24) is 15.6 Å². The minimum Gasteiger partial charge on any atom is -0.384 e. The smallest absolute Gasteiger partial charge is 0.287 e. The van der Waals surface area contributed by atoms with Gasteiger partial charge in [-0.15, -0.1) is 12.4 Å². The number of carbonyl (C=O) groups is 1. The summed E-state index contributed by atoms with van der Waals surface area (Å²) in [5.41, 5.74) is 0.00518. The van der Waals surface area contributed by atoms with E-state index < -0.39 is 4.92 Å². The second kappa shape index (κ2) is 8.11. The fourth-order valence-electron chi connectivity index (χ4n) is 2.62. The van der Waals surface area contributed by atoms with E-state index in [-0.39, 0.29) is 35.1 Å². The Hall–Kier alpha value is -1.64. The van der Waals surface area contributed by atoms with Crippen LogP contribution in [0.25, 0.3) is 0 Å². The summed E-state index contributed by atoms with van der Waals surface area (Å²) in [6, 6.07) is 1.24. The number of piperidine rings is 1.